The predicted molar refractivity (Wildman–Crippen MR) is 67.0 cm³/mol. The molecule has 2 rings (SSSR count). The first-order valence-corrected chi connectivity index (χ1v) is 6.08. The topological polar surface area (TPSA) is 55.7 Å². The second kappa shape index (κ2) is 5.49. The third kappa shape index (κ3) is 2.97. The van der Waals surface area contributed by atoms with Gasteiger partial charge in [-0.15, -0.1) is 0 Å². The lowest BCUT2D eigenvalue weighted by Crippen LogP contribution is -2.50. The lowest BCUT2D eigenvalue weighted by Gasteiger charge is -2.37. The molecule has 1 fully saturated rings. The fourth-order valence-corrected chi connectivity index (χ4v) is 2.41. The summed E-state index contributed by atoms with van der Waals surface area (Å²) in [7, 11) is 0. The maximum Gasteiger partial charge on any atom is 0.115 e. The molecule has 17 heavy (non-hydrogen) atoms. The van der Waals surface area contributed by atoms with Gasteiger partial charge >= 0.3 is 0 Å². The van der Waals surface area contributed by atoms with Gasteiger partial charge in [0.2, 0.25) is 0 Å². The van der Waals surface area contributed by atoms with E-state index >= 15 is 0 Å². The van der Waals surface area contributed by atoms with Crippen LogP contribution in [0.4, 0.5) is 0 Å². The fourth-order valence-electron chi connectivity index (χ4n) is 2.41. The van der Waals surface area contributed by atoms with Crippen LogP contribution in [-0.4, -0.2) is 47.4 Å². The van der Waals surface area contributed by atoms with Gasteiger partial charge in [0.25, 0.3) is 0 Å². The van der Waals surface area contributed by atoms with Crippen molar-refractivity contribution in [3.63, 3.8) is 0 Å². The number of aliphatic hydroxyl groups excluding tert-OH is 1. The van der Waals surface area contributed by atoms with Gasteiger partial charge in [-0.1, -0.05) is 12.1 Å². The van der Waals surface area contributed by atoms with Crippen molar-refractivity contribution >= 4 is 0 Å². The van der Waals surface area contributed by atoms with Crippen LogP contribution in [0.1, 0.15) is 18.5 Å². The van der Waals surface area contributed by atoms with Crippen LogP contribution >= 0.6 is 0 Å². The van der Waals surface area contributed by atoms with Gasteiger partial charge in [-0.3, -0.25) is 4.90 Å². The highest BCUT2D eigenvalue weighted by molar-refractivity contribution is 5.29. The van der Waals surface area contributed by atoms with Crippen LogP contribution in [0.25, 0.3) is 0 Å². The van der Waals surface area contributed by atoms with Crippen LogP contribution in [0, 0.1) is 0 Å². The smallest absolute Gasteiger partial charge is 0.115 e. The van der Waals surface area contributed by atoms with Crippen molar-refractivity contribution < 1.29 is 10.2 Å². The zero-order chi connectivity index (χ0) is 12.3. The Morgan fingerprint density at radius 2 is 2.35 bits per heavy atom. The zero-order valence-electron chi connectivity index (χ0n) is 10.1. The van der Waals surface area contributed by atoms with Crippen LogP contribution in [0.15, 0.2) is 24.3 Å². The molecule has 2 atom stereocenters. The Balaban J connectivity index is 2.15. The number of nitrogens with zero attached hydrogens (tertiary/aromatic N) is 1. The second-order valence-electron chi connectivity index (χ2n) is 4.64. The Morgan fingerprint density at radius 1 is 1.53 bits per heavy atom. The Kier molecular flexibility index (Phi) is 3.99. The van der Waals surface area contributed by atoms with E-state index in [2.05, 4.69) is 17.1 Å². The number of aromatic hydroxyl groups is 1. The molecule has 3 N–H and O–H groups in total. The van der Waals surface area contributed by atoms with Crippen LogP contribution < -0.4 is 5.32 Å². The molecule has 1 aliphatic rings. The summed E-state index contributed by atoms with van der Waals surface area (Å²) in [5.41, 5.74) is 0.974. The van der Waals surface area contributed by atoms with E-state index in [-0.39, 0.29) is 18.4 Å². The molecule has 1 aromatic carbocycles. The SMILES string of the molecule is CC1CN(C(CO)c2cccc(O)c2)CCN1. The molecule has 4 nitrogen and oxygen atoms in total. The maximum absolute atomic E-state index is 9.57. The average Bonchev–Trinajstić information content (AvgIpc) is 2.30. The molecular formula is C13H20N2O2. The average molecular weight is 236 g/mol. The van der Waals surface area contributed by atoms with E-state index in [1.807, 2.05) is 12.1 Å². The summed E-state index contributed by atoms with van der Waals surface area (Å²) < 4.78 is 0. The van der Waals surface area contributed by atoms with Gasteiger partial charge in [0.1, 0.15) is 5.75 Å². The zero-order valence-corrected chi connectivity index (χ0v) is 10.1. The Labute approximate surface area is 102 Å². The number of phenols is 1. The summed E-state index contributed by atoms with van der Waals surface area (Å²) >= 11 is 0. The molecule has 1 aliphatic heterocycles. The van der Waals surface area contributed by atoms with Gasteiger partial charge in [-0.2, -0.15) is 0 Å². The van der Waals surface area contributed by atoms with E-state index in [4.69, 9.17) is 0 Å². The molecule has 0 spiro atoms. The van der Waals surface area contributed by atoms with E-state index in [0.717, 1.165) is 25.2 Å². The van der Waals surface area contributed by atoms with E-state index in [1.54, 1.807) is 12.1 Å². The van der Waals surface area contributed by atoms with Crippen molar-refractivity contribution in [1.82, 2.24) is 10.2 Å². The minimum atomic E-state index is -0.0216. The number of nitrogens with one attached hydrogen (secondary N) is 1. The maximum atomic E-state index is 9.57. The van der Waals surface area contributed by atoms with Crippen molar-refractivity contribution in [3.8, 4) is 5.75 Å². The summed E-state index contributed by atoms with van der Waals surface area (Å²) in [6.45, 7) is 5.00. The van der Waals surface area contributed by atoms with Crippen molar-refractivity contribution in [2.24, 2.45) is 0 Å². The van der Waals surface area contributed by atoms with Crippen LogP contribution in [0.5, 0.6) is 5.75 Å². The van der Waals surface area contributed by atoms with Crippen molar-refractivity contribution in [2.45, 2.75) is 19.0 Å². The van der Waals surface area contributed by atoms with Crippen LogP contribution in [0.3, 0.4) is 0 Å². The van der Waals surface area contributed by atoms with E-state index in [9.17, 15) is 10.2 Å². The number of hydrogen-bond acceptors (Lipinski definition) is 4. The Hall–Kier alpha value is -1.10. The minimum Gasteiger partial charge on any atom is -0.508 e. The summed E-state index contributed by atoms with van der Waals surface area (Å²) in [5.74, 6) is 0.254. The largest absolute Gasteiger partial charge is 0.508 e. The number of hydrogen-bond donors (Lipinski definition) is 3. The highest BCUT2D eigenvalue weighted by atomic mass is 16.3. The lowest BCUT2D eigenvalue weighted by atomic mass is 10.0. The van der Waals surface area contributed by atoms with Crippen molar-refractivity contribution in [2.75, 3.05) is 26.2 Å². The first-order valence-electron chi connectivity index (χ1n) is 6.08. The molecule has 94 valence electrons. The molecule has 2 unspecified atom stereocenters. The molecule has 0 bridgehead atoms. The first-order chi connectivity index (χ1) is 8.20. The van der Waals surface area contributed by atoms with Crippen molar-refractivity contribution in [1.29, 1.82) is 0 Å². The summed E-state index contributed by atoms with van der Waals surface area (Å²) in [5, 5.41) is 22.4. The molecule has 1 heterocycles. The van der Waals surface area contributed by atoms with Gasteiger partial charge in [-0.25, -0.2) is 0 Å². The molecule has 4 heteroatoms. The molecular weight excluding hydrogens is 216 g/mol. The number of benzene rings is 1. The monoisotopic (exact) mass is 236 g/mol. The second-order valence-corrected chi connectivity index (χ2v) is 4.64. The standard InChI is InChI=1S/C13H20N2O2/c1-10-8-15(6-5-14-10)13(9-16)11-3-2-4-12(17)7-11/h2-4,7,10,13-14,16-17H,5-6,8-9H2,1H3. The molecule has 1 aromatic rings. The highest BCUT2D eigenvalue weighted by Gasteiger charge is 2.24. The quantitative estimate of drug-likeness (QED) is 0.724. The highest BCUT2D eigenvalue weighted by Crippen LogP contribution is 2.24. The van der Waals surface area contributed by atoms with E-state index in [0.29, 0.717) is 6.04 Å². The lowest BCUT2D eigenvalue weighted by molar-refractivity contribution is 0.0961. The molecule has 0 aromatic heterocycles. The van der Waals surface area contributed by atoms with Gasteiger partial charge in [0.05, 0.1) is 12.6 Å². The van der Waals surface area contributed by atoms with Crippen LogP contribution in [0.2, 0.25) is 0 Å². The van der Waals surface area contributed by atoms with E-state index in [1.165, 1.54) is 0 Å². The van der Waals surface area contributed by atoms with Gasteiger partial charge in [0, 0.05) is 25.7 Å². The third-order valence-corrected chi connectivity index (χ3v) is 3.27. The molecule has 0 aliphatic carbocycles. The summed E-state index contributed by atoms with van der Waals surface area (Å²) in [6, 6.07) is 7.57. The van der Waals surface area contributed by atoms with Crippen molar-refractivity contribution in [3.05, 3.63) is 29.8 Å². The molecule has 0 amide bonds. The number of rotatable bonds is 3. The molecule has 0 saturated carbocycles. The normalized spacial score (nSPS) is 23.5. The summed E-state index contributed by atoms with van der Waals surface area (Å²) in [4.78, 5) is 2.26. The number of piperazine rings is 1. The predicted octanol–water partition coefficient (Wildman–Crippen LogP) is 0.719. The minimum absolute atomic E-state index is 0.0216. The number of aliphatic hydroxyl groups is 1. The van der Waals surface area contributed by atoms with Gasteiger partial charge in [0.15, 0.2) is 0 Å². The van der Waals surface area contributed by atoms with Gasteiger partial charge < -0.3 is 15.5 Å². The molecule has 1 saturated heterocycles. The third-order valence-electron chi connectivity index (χ3n) is 3.27. The summed E-state index contributed by atoms with van der Waals surface area (Å²) in [6.07, 6.45) is 0. The number of phenolic OH excluding ortho intramolecular Hbond substituents is 1. The van der Waals surface area contributed by atoms with E-state index < -0.39 is 0 Å². The van der Waals surface area contributed by atoms with Crippen LogP contribution in [-0.2, 0) is 0 Å². The first kappa shape index (κ1) is 12.4. The van der Waals surface area contributed by atoms with Gasteiger partial charge in [-0.05, 0) is 24.6 Å². The molecule has 0 radical (unpaired) electrons. The Bertz CT molecular complexity index is 370. The fraction of sp³-hybridized carbons (Fsp3) is 0.538. The Morgan fingerprint density at radius 3 is 3.00 bits per heavy atom.